The highest BCUT2D eigenvalue weighted by Crippen LogP contribution is 2.28. The van der Waals surface area contributed by atoms with Gasteiger partial charge in [0.25, 0.3) is 0 Å². The standard InChI is InChI=1S/C12H15N5/c1-7(2)8(3)11-9(5-13)4-10-6-15-12(14)16-17(10)11/h4,6-8H,1-3H3,(H2,14,16). The molecule has 0 spiro atoms. The quantitative estimate of drug-likeness (QED) is 0.853. The molecule has 0 bridgehead atoms. The Labute approximate surface area is 99.9 Å². The Morgan fingerprint density at radius 3 is 2.71 bits per heavy atom. The van der Waals surface area contributed by atoms with Gasteiger partial charge in [-0.1, -0.05) is 20.8 Å². The zero-order valence-corrected chi connectivity index (χ0v) is 10.2. The van der Waals surface area contributed by atoms with E-state index in [9.17, 15) is 5.26 Å². The highest BCUT2D eigenvalue weighted by Gasteiger charge is 2.20. The van der Waals surface area contributed by atoms with Gasteiger partial charge in [0.15, 0.2) is 0 Å². The molecule has 0 amide bonds. The van der Waals surface area contributed by atoms with Crippen LogP contribution in [0.15, 0.2) is 12.3 Å². The molecule has 2 N–H and O–H groups in total. The van der Waals surface area contributed by atoms with Gasteiger partial charge in [-0.3, -0.25) is 0 Å². The SMILES string of the molecule is CC(C)C(C)c1c(C#N)cc2cnc(N)nn12. The van der Waals surface area contributed by atoms with Crippen LogP contribution in [-0.2, 0) is 0 Å². The number of aromatic nitrogens is 3. The maximum atomic E-state index is 9.18. The molecule has 0 aliphatic rings. The van der Waals surface area contributed by atoms with Gasteiger partial charge in [0.05, 0.1) is 23.0 Å². The fourth-order valence-corrected chi connectivity index (χ4v) is 1.84. The van der Waals surface area contributed by atoms with E-state index in [4.69, 9.17) is 5.73 Å². The van der Waals surface area contributed by atoms with Crippen LogP contribution in [0.5, 0.6) is 0 Å². The Morgan fingerprint density at radius 2 is 2.12 bits per heavy atom. The van der Waals surface area contributed by atoms with Crippen LogP contribution in [0.25, 0.3) is 5.52 Å². The first-order valence-electron chi connectivity index (χ1n) is 5.58. The maximum Gasteiger partial charge on any atom is 0.238 e. The van der Waals surface area contributed by atoms with E-state index in [2.05, 4.69) is 36.9 Å². The summed E-state index contributed by atoms with van der Waals surface area (Å²) in [6.45, 7) is 6.33. The van der Waals surface area contributed by atoms with Gasteiger partial charge in [-0.05, 0) is 12.0 Å². The molecule has 0 radical (unpaired) electrons. The number of nitriles is 1. The minimum absolute atomic E-state index is 0.217. The van der Waals surface area contributed by atoms with Crippen molar-refractivity contribution in [3.8, 4) is 6.07 Å². The van der Waals surface area contributed by atoms with E-state index in [1.165, 1.54) is 0 Å². The molecule has 1 unspecified atom stereocenters. The van der Waals surface area contributed by atoms with E-state index in [1.807, 2.05) is 0 Å². The van der Waals surface area contributed by atoms with Crippen molar-refractivity contribution in [3.63, 3.8) is 0 Å². The lowest BCUT2D eigenvalue weighted by Crippen LogP contribution is -2.10. The van der Waals surface area contributed by atoms with E-state index >= 15 is 0 Å². The van der Waals surface area contributed by atoms with Gasteiger partial charge in [0.2, 0.25) is 5.95 Å². The van der Waals surface area contributed by atoms with Crippen LogP contribution >= 0.6 is 0 Å². The fraction of sp³-hybridized carbons (Fsp3) is 0.417. The predicted molar refractivity (Wildman–Crippen MR) is 65.4 cm³/mol. The Bertz CT molecular complexity index is 591. The minimum atomic E-state index is 0.217. The lowest BCUT2D eigenvalue weighted by molar-refractivity contribution is 0.513. The molecule has 88 valence electrons. The maximum absolute atomic E-state index is 9.18. The molecule has 1 atom stereocenters. The lowest BCUT2D eigenvalue weighted by Gasteiger charge is -2.15. The summed E-state index contributed by atoms with van der Waals surface area (Å²) in [6.07, 6.45) is 1.64. The number of hydrogen-bond donors (Lipinski definition) is 1. The number of nitrogens with zero attached hydrogens (tertiary/aromatic N) is 4. The molecule has 17 heavy (non-hydrogen) atoms. The summed E-state index contributed by atoms with van der Waals surface area (Å²) in [5, 5.41) is 13.4. The number of nitrogens with two attached hydrogens (primary N) is 1. The lowest BCUT2D eigenvalue weighted by atomic mass is 9.93. The summed E-state index contributed by atoms with van der Waals surface area (Å²) in [7, 11) is 0. The average Bonchev–Trinajstić information content (AvgIpc) is 2.65. The molecule has 0 aromatic carbocycles. The molecule has 2 heterocycles. The highest BCUT2D eigenvalue weighted by atomic mass is 15.3. The molecular weight excluding hydrogens is 214 g/mol. The van der Waals surface area contributed by atoms with Crippen molar-refractivity contribution in [1.29, 1.82) is 5.26 Å². The second kappa shape index (κ2) is 4.06. The molecule has 5 heteroatoms. The van der Waals surface area contributed by atoms with Crippen LogP contribution < -0.4 is 5.73 Å². The number of anilines is 1. The van der Waals surface area contributed by atoms with Crippen LogP contribution in [0.2, 0.25) is 0 Å². The summed E-state index contributed by atoms with van der Waals surface area (Å²) in [5.41, 5.74) is 7.95. The van der Waals surface area contributed by atoms with Crippen molar-refractivity contribution in [2.45, 2.75) is 26.7 Å². The van der Waals surface area contributed by atoms with E-state index in [1.54, 1.807) is 16.8 Å². The monoisotopic (exact) mass is 229 g/mol. The molecule has 0 saturated carbocycles. The third-order valence-electron chi connectivity index (χ3n) is 3.12. The zero-order valence-electron chi connectivity index (χ0n) is 10.2. The number of fused-ring (bicyclic) bond motifs is 1. The molecule has 2 aromatic heterocycles. The van der Waals surface area contributed by atoms with E-state index < -0.39 is 0 Å². The fourth-order valence-electron chi connectivity index (χ4n) is 1.84. The Hall–Kier alpha value is -2.09. The van der Waals surface area contributed by atoms with Crippen molar-refractivity contribution < 1.29 is 0 Å². The van der Waals surface area contributed by atoms with Gasteiger partial charge >= 0.3 is 0 Å². The second-order valence-electron chi connectivity index (χ2n) is 4.54. The molecule has 0 fully saturated rings. The summed E-state index contributed by atoms with van der Waals surface area (Å²) < 4.78 is 1.73. The van der Waals surface area contributed by atoms with Gasteiger partial charge in [-0.25, -0.2) is 9.50 Å². The van der Waals surface area contributed by atoms with Crippen LogP contribution in [0, 0.1) is 17.2 Å². The first-order valence-corrected chi connectivity index (χ1v) is 5.58. The third-order valence-corrected chi connectivity index (χ3v) is 3.12. The van der Waals surface area contributed by atoms with Gasteiger partial charge in [0, 0.05) is 5.92 Å². The van der Waals surface area contributed by atoms with Crippen LogP contribution in [0.4, 0.5) is 5.95 Å². The second-order valence-corrected chi connectivity index (χ2v) is 4.54. The van der Waals surface area contributed by atoms with Crippen molar-refractivity contribution in [3.05, 3.63) is 23.5 Å². The first-order chi connectivity index (χ1) is 8.04. The predicted octanol–water partition coefficient (Wildman–Crippen LogP) is 1.94. The first kappa shape index (κ1) is 11.4. The Balaban J connectivity index is 2.74. The summed E-state index contributed by atoms with van der Waals surface area (Å²) in [4.78, 5) is 3.94. The van der Waals surface area contributed by atoms with E-state index in [0.29, 0.717) is 11.5 Å². The Morgan fingerprint density at radius 1 is 1.41 bits per heavy atom. The summed E-state index contributed by atoms with van der Waals surface area (Å²) in [6, 6.07) is 4.01. The van der Waals surface area contributed by atoms with E-state index in [-0.39, 0.29) is 11.9 Å². The molecule has 0 aliphatic heterocycles. The zero-order chi connectivity index (χ0) is 12.6. The van der Waals surface area contributed by atoms with Crippen molar-refractivity contribution >= 4 is 11.5 Å². The minimum Gasteiger partial charge on any atom is -0.367 e. The number of rotatable bonds is 2. The average molecular weight is 229 g/mol. The Kier molecular flexibility index (Phi) is 2.72. The summed E-state index contributed by atoms with van der Waals surface area (Å²) in [5.74, 6) is 0.882. The summed E-state index contributed by atoms with van der Waals surface area (Å²) >= 11 is 0. The van der Waals surface area contributed by atoms with Gasteiger partial charge < -0.3 is 5.73 Å². The van der Waals surface area contributed by atoms with Crippen molar-refractivity contribution in [2.75, 3.05) is 5.73 Å². The van der Waals surface area contributed by atoms with E-state index in [0.717, 1.165) is 11.2 Å². The van der Waals surface area contributed by atoms with Gasteiger partial charge in [-0.15, -0.1) is 5.10 Å². The third kappa shape index (κ3) is 1.82. The topological polar surface area (TPSA) is 80.0 Å². The van der Waals surface area contributed by atoms with Gasteiger partial charge in [-0.2, -0.15) is 5.26 Å². The van der Waals surface area contributed by atoms with Crippen molar-refractivity contribution in [1.82, 2.24) is 14.6 Å². The largest absolute Gasteiger partial charge is 0.367 e. The molecule has 5 nitrogen and oxygen atoms in total. The van der Waals surface area contributed by atoms with Crippen LogP contribution in [0.3, 0.4) is 0 Å². The number of hydrogen-bond acceptors (Lipinski definition) is 4. The highest BCUT2D eigenvalue weighted by molar-refractivity contribution is 5.56. The smallest absolute Gasteiger partial charge is 0.238 e. The molecule has 0 saturated heterocycles. The van der Waals surface area contributed by atoms with Crippen LogP contribution in [-0.4, -0.2) is 14.6 Å². The molecule has 2 rings (SSSR count). The molecule has 0 aliphatic carbocycles. The normalized spacial score (nSPS) is 12.9. The van der Waals surface area contributed by atoms with Crippen molar-refractivity contribution in [2.24, 2.45) is 5.92 Å². The van der Waals surface area contributed by atoms with Gasteiger partial charge in [0.1, 0.15) is 6.07 Å². The molecular formula is C12H15N5. The van der Waals surface area contributed by atoms with Crippen LogP contribution in [0.1, 0.15) is 37.9 Å². The molecule has 2 aromatic rings. The number of nitrogen functional groups attached to an aromatic ring is 1.